The van der Waals surface area contributed by atoms with Crippen LogP contribution in [-0.4, -0.2) is 105 Å². The van der Waals surface area contributed by atoms with E-state index in [-0.39, 0.29) is 46.1 Å². The zero-order valence-corrected chi connectivity index (χ0v) is 27.4. The maximum Gasteiger partial charge on any atom is 0.318 e. The van der Waals surface area contributed by atoms with Gasteiger partial charge in [0.15, 0.2) is 5.82 Å². The van der Waals surface area contributed by atoms with Gasteiger partial charge in [-0.3, -0.25) is 4.79 Å². The van der Waals surface area contributed by atoms with Crippen molar-refractivity contribution in [1.29, 1.82) is 0 Å². The van der Waals surface area contributed by atoms with Crippen LogP contribution < -0.4 is 15.0 Å². The van der Waals surface area contributed by atoms with Gasteiger partial charge in [0.25, 0.3) is 11.8 Å². The number of carbonyl (C=O) groups is 2. The fraction of sp³-hybridized carbons (Fsp3) is 0.676. The lowest BCUT2D eigenvalue weighted by atomic mass is 9.71. The second kappa shape index (κ2) is 12.2. The average molecular weight is 635 g/mol. The Balaban J connectivity index is 0.927. The van der Waals surface area contributed by atoms with Crippen molar-refractivity contribution in [2.75, 3.05) is 50.7 Å². The minimum Gasteiger partial charge on any atom is -0.434 e. The Bertz CT molecular complexity index is 1440. The molecule has 0 atom stereocenters. The third kappa shape index (κ3) is 6.12. The molecule has 0 radical (unpaired) electrons. The highest BCUT2D eigenvalue weighted by Crippen LogP contribution is 2.45. The molecule has 2 aromatic rings. The Labute approximate surface area is 270 Å². The standard InChI is InChI=1S/C34H47FN8O3/c1-4-42(23(2)3)31(44)27-17-25(35)5-8-28(27)46-30-29(36-22-37-39-30)41-19-33(20-41)13-15-40(16-14-33)18-24-9-11-34(12-10-24)21-43(26-6-7-26)32(45)38-34/h5,8,17,22-24,26H,4,6-7,9-16,18-21H2,1-3H3,(H,38,45). The summed E-state index contributed by atoms with van der Waals surface area (Å²) in [5.74, 6) is 0.956. The van der Waals surface area contributed by atoms with Crippen molar-refractivity contribution < 1.29 is 18.7 Å². The summed E-state index contributed by atoms with van der Waals surface area (Å²) >= 11 is 0. The Morgan fingerprint density at radius 2 is 1.85 bits per heavy atom. The number of carbonyl (C=O) groups excluding carboxylic acids is 2. The number of nitrogens with one attached hydrogen (secondary N) is 1. The van der Waals surface area contributed by atoms with Crippen molar-refractivity contribution >= 4 is 17.8 Å². The minimum atomic E-state index is -0.501. The summed E-state index contributed by atoms with van der Waals surface area (Å²) in [6.45, 7) is 12.2. The van der Waals surface area contributed by atoms with E-state index in [2.05, 4.69) is 35.2 Å². The van der Waals surface area contributed by atoms with Crippen LogP contribution in [0, 0.1) is 17.2 Å². The molecule has 5 fully saturated rings. The lowest BCUT2D eigenvalue weighted by Gasteiger charge is -2.54. The number of aromatic nitrogens is 3. The number of rotatable bonds is 9. The summed E-state index contributed by atoms with van der Waals surface area (Å²) in [6.07, 6.45) is 10.6. The molecule has 1 aromatic carbocycles. The van der Waals surface area contributed by atoms with Gasteiger partial charge in [-0.2, -0.15) is 0 Å². The highest BCUT2D eigenvalue weighted by atomic mass is 19.1. The lowest BCUT2D eigenvalue weighted by Crippen LogP contribution is -2.61. The molecule has 248 valence electrons. The number of halogens is 1. The Hall–Kier alpha value is -3.54. The van der Waals surface area contributed by atoms with Crippen LogP contribution in [0.4, 0.5) is 15.0 Å². The van der Waals surface area contributed by atoms with E-state index in [1.54, 1.807) is 4.90 Å². The molecule has 3 aliphatic heterocycles. The third-order valence-electron chi connectivity index (χ3n) is 11.1. The number of benzene rings is 1. The molecule has 3 saturated heterocycles. The predicted octanol–water partition coefficient (Wildman–Crippen LogP) is 4.69. The van der Waals surface area contributed by atoms with Crippen LogP contribution in [0.25, 0.3) is 0 Å². The second-order valence-corrected chi connectivity index (χ2v) is 14.7. The summed E-state index contributed by atoms with van der Waals surface area (Å²) in [6, 6.07) is 4.59. The quantitative estimate of drug-likeness (QED) is 0.424. The van der Waals surface area contributed by atoms with Crippen LogP contribution in [0.15, 0.2) is 24.5 Å². The number of hydrogen-bond donors (Lipinski definition) is 1. The van der Waals surface area contributed by atoms with Crippen molar-refractivity contribution in [3.05, 3.63) is 35.9 Å². The first-order valence-corrected chi connectivity index (χ1v) is 17.2. The number of urea groups is 1. The van der Waals surface area contributed by atoms with E-state index in [9.17, 15) is 14.0 Å². The SMILES string of the molecule is CCN(C(=O)c1cc(F)ccc1Oc1nncnc1N1CC2(CCN(CC3CCC4(CC3)CN(C3CC3)C(=O)N4)CC2)C1)C(C)C. The molecule has 2 aliphatic carbocycles. The fourth-order valence-electron chi connectivity index (χ4n) is 8.22. The van der Waals surface area contributed by atoms with Gasteiger partial charge in [0, 0.05) is 50.2 Å². The van der Waals surface area contributed by atoms with E-state index >= 15 is 0 Å². The van der Waals surface area contributed by atoms with E-state index in [0.717, 1.165) is 65.0 Å². The Morgan fingerprint density at radius 3 is 2.52 bits per heavy atom. The van der Waals surface area contributed by atoms with Crippen LogP contribution in [0.5, 0.6) is 11.6 Å². The molecule has 12 heteroatoms. The Morgan fingerprint density at radius 1 is 1.11 bits per heavy atom. The van der Waals surface area contributed by atoms with Gasteiger partial charge in [0.1, 0.15) is 17.9 Å². The van der Waals surface area contributed by atoms with Crippen molar-refractivity contribution in [1.82, 2.24) is 35.2 Å². The number of likely N-dealkylation sites (tertiary alicyclic amines) is 1. The Kier molecular flexibility index (Phi) is 8.27. The molecule has 2 spiro atoms. The summed E-state index contributed by atoms with van der Waals surface area (Å²) < 4.78 is 20.4. The molecular weight excluding hydrogens is 587 g/mol. The van der Waals surface area contributed by atoms with Gasteiger partial charge < -0.3 is 29.7 Å². The van der Waals surface area contributed by atoms with E-state index in [1.807, 2.05) is 20.8 Å². The molecule has 46 heavy (non-hydrogen) atoms. The molecule has 1 aromatic heterocycles. The van der Waals surface area contributed by atoms with E-state index < -0.39 is 5.82 Å². The molecule has 0 unspecified atom stereocenters. The molecule has 7 rings (SSSR count). The topological polar surface area (TPSA) is 107 Å². The number of piperidine rings is 1. The maximum absolute atomic E-state index is 14.3. The highest BCUT2D eigenvalue weighted by molar-refractivity contribution is 5.97. The first kappa shape index (κ1) is 31.1. The number of anilines is 1. The molecule has 3 amide bonds. The van der Waals surface area contributed by atoms with Crippen LogP contribution in [0.3, 0.4) is 0 Å². The zero-order chi connectivity index (χ0) is 32.1. The van der Waals surface area contributed by atoms with Gasteiger partial charge in [-0.1, -0.05) is 0 Å². The number of nitrogens with zero attached hydrogens (tertiary/aromatic N) is 7. The van der Waals surface area contributed by atoms with Crippen molar-refractivity contribution in [3.63, 3.8) is 0 Å². The number of hydrogen-bond acceptors (Lipinski definition) is 8. The van der Waals surface area contributed by atoms with E-state index in [1.165, 1.54) is 50.2 Å². The van der Waals surface area contributed by atoms with Crippen LogP contribution in [0.2, 0.25) is 0 Å². The van der Waals surface area contributed by atoms with Gasteiger partial charge >= 0.3 is 6.03 Å². The van der Waals surface area contributed by atoms with Crippen molar-refractivity contribution in [3.8, 4) is 11.6 Å². The van der Waals surface area contributed by atoms with Gasteiger partial charge in [0.05, 0.1) is 11.1 Å². The smallest absolute Gasteiger partial charge is 0.318 e. The lowest BCUT2D eigenvalue weighted by molar-refractivity contribution is 0.0582. The minimum absolute atomic E-state index is 0.00761. The fourth-order valence-corrected chi connectivity index (χ4v) is 8.22. The van der Waals surface area contributed by atoms with Gasteiger partial charge in [-0.05, 0) is 109 Å². The summed E-state index contributed by atoms with van der Waals surface area (Å²) in [5.41, 5.74) is 0.403. The van der Waals surface area contributed by atoms with Gasteiger partial charge in [0.2, 0.25) is 0 Å². The van der Waals surface area contributed by atoms with Crippen LogP contribution >= 0.6 is 0 Å². The van der Waals surface area contributed by atoms with Crippen LogP contribution in [0.1, 0.15) is 82.5 Å². The van der Waals surface area contributed by atoms with Crippen molar-refractivity contribution in [2.45, 2.75) is 89.8 Å². The highest BCUT2D eigenvalue weighted by Gasteiger charge is 2.50. The summed E-state index contributed by atoms with van der Waals surface area (Å²) in [7, 11) is 0. The first-order valence-electron chi connectivity index (χ1n) is 17.2. The molecule has 4 heterocycles. The van der Waals surface area contributed by atoms with E-state index in [4.69, 9.17) is 4.74 Å². The zero-order valence-electron chi connectivity index (χ0n) is 27.4. The number of amides is 3. The molecule has 2 saturated carbocycles. The van der Waals surface area contributed by atoms with E-state index in [0.29, 0.717) is 24.3 Å². The molecule has 0 bridgehead atoms. The van der Waals surface area contributed by atoms with Crippen molar-refractivity contribution in [2.24, 2.45) is 11.3 Å². The third-order valence-corrected chi connectivity index (χ3v) is 11.1. The average Bonchev–Trinajstić information content (AvgIpc) is 3.82. The monoisotopic (exact) mass is 634 g/mol. The van der Waals surface area contributed by atoms with Gasteiger partial charge in [-0.25, -0.2) is 14.2 Å². The molecule has 1 N–H and O–H groups in total. The molecule has 5 aliphatic rings. The number of ether oxygens (including phenoxy) is 1. The second-order valence-electron chi connectivity index (χ2n) is 14.7. The molecular formula is C34H47FN8O3. The largest absolute Gasteiger partial charge is 0.434 e. The maximum atomic E-state index is 14.3. The van der Waals surface area contributed by atoms with Gasteiger partial charge in [-0.15, -0.1) is 10.2 Å². The first-order chi connectivity index (χ1) is 22.2. The van der Waals surface area contributed by atoms with Crippen LogP contribution in [-0.2, 0) is 0 Å². The summed E-state index contributed by atoms with van der Waals surface area (Å²) in [4.78, 5) is 38.9. The summed E-state index contributed by atoms with van der Waals surface area (Å²) in [5, 5.41) is 11.5. The molecule has 11 nitrogen and oxygen atoms in total. The normalized spacial score (nSPS) is 26.0. The predicted molar refractivity (Wildman–Crippen MR) is 171 cm³/mol.